The van der Waals surface area contributed by atoms with Crippen molar-refractivity contribution in [3.63, 3.8) is 0 Å². The van der Waals surface area contributed by atoms with Crippen LogP contribution < -0.4 is 10.6 Å². The fourth-order valence-electron chi connectivity index (χ4n) is 4.35. The standard InChI is InChI=1S/C29H28F3N9O2/c1-6-7-11-34-24-19(15-36-41(24)5)22-37-21-18(10-12-33-23(21)38-22)16-8-9-17(20(13-16)29(30,31)32)14-35-25(42)26-39-27(40-43-26)28(2,3)4/h8-10,12-13,15,34H,11,14H2,1-5H3,(H,35,42)(H,33,37,38). The number of amides is 1. The van der Waals surface area contributed by atoms with Gasteiger partial charge in [0.05, 0.1) is 29.4 Å². The summed E-state index contributed by atoms with van der Waals surface area (Å²) in [7, 11) is 1.77. The zero-order valence-electron chi connectivity index (χ0n) is 24.0. The molecule has 0 aliphatic heterocycles. The summed E-state index contributed by atoms with van der Waals surface area (Å²) in [6, 6.07) is 5.54. The highest BCUT2D eigenvalue weighted by molar-refractivity contribution is 5.92. The second kappa shape index (κ2) is 11.2. The predicted octanol–water partition coefficient (Wildman–Crippen LogP) is 5.09. The number of alkyl halides is 3. The van der Waals surface area contributed by atoms with Crippen LogP contribution in [0.15, 0.2) is 41.2 Å². The number of halogens is 3. The number of hydrogen-bond donors (Lipinski definition) is 3. The third kappa shape index (κ3) is 6.06. The maximum Gasteiger partial charge on any atom is 0.416 e. The van der Waals surface area contributed by atoms with E-state index in [1.807, 2.05) is 20.8 Å². The summed E-state index contributed by atoms with van der Waals surface area (Å²) in [5.41, 5.74) is 0.720. The summed E-state index contributed by atoms with van der Waals surface area (Å²) in [4.78, 5) is 28.7. The van der Waals surface area contributed by atoms with Gasteiger partial charge in [0.2, 0.25) is 0 Å². The topological polar surface area (TPSA) is 139 Å². The molecular weight excluding hydrogens is 563 g/mol. The summed E-state index contributed by atoms with van der Waals surface area (Å²) in [6.07, 6.45) is -1.58. The molecule has 5 aromatic rings. The number of carbonyl (C=O) groups excluding carboxylic acids is 1. The number of hydrogen-bond acceptors (Lipinski definition) is 8. The molecule has 0 bridgehead atoms. The minimum Gasteiger partial charge on any atom is -0.359 e. The van der Waals surface area contributed by atoms with Gasteiger partial charge in [0, 0.05) is 30.8 Å². The number of carbonyl (C=O) groups is 1. The molecule has 5 rings (SSSR count). The lowest BCUT2D eigenvalue weighted by Crippen LogP contribution is -2.25. The van der Waals surface area contributed by atoms with Crippen molar-refractivity contribution in [2.24, 2.45) is 7.05 Å². The minimum atomic E-state index is -4.69. The van der Waals surface area contributed by atoms with Crippen LogP contribution in [-0.4, -0.2) is 47.3 Å². The second-order valence-electron chi connectivity index (χ2n) is 10.7. The number of fused-ring (bicyclic) bond motifs is 1. The first-order valence-electron chi connectivity index (χ1n) is 13.2. The summed E-state index contributed by atoms with van der Waals surface area (Å²) in [6.45, 7) is 7.26. The third-order valence-electron chi connectivity index (χ3n) is 6.56. The lowest BCUT2D eigenvalue weighted by Gasteiger charge is -2.15. The SMILES string of the molecule is CC#CCNc1c(-c2nc3nccc(-c4ccc(CNC(=O)c5nc(C(C)(C)C)no5)c(C(F)(F)F)c4)c3[nH]2)cnn1C. The molecule has 0 spiro atoms. The molecule has 14 heteroatoms. The zero-order chi connectivity index (χ0) is 30.9. The number of aromatic nitrogens is 7. The molecular formula is C29H28F3N9O2. The maximum atomic E-state index is 14.2. The highest BCUT2D eigenvalue weighted by atomic mass is 19.4. The lowest BCUT2D eigenvalue weighted by atomic mass is 9.96. The van der Waals surface area contributed by atoms with E-state index < -0.39 is 29.6 Å². The Kier molecular flexibility index (Phi) is 7.66. The maximum absolute atomic E-state index is 14.2. The summed E-state index contributed by atoms with van der Waals surface area (Å²) in [5.74, 6) is 6.08. The summed E-state index contributed by atoms with van der Waals surface area (Å²) in [5, 5.41) is 13.7. The molecule has 1 aromatic carbocycles. The van der Waals surface area contributed by atoms with E-state index in [0.717, 1.165) is 6.07 Å². The molecule has 4 aromatic heterocycles. The normalized spacial score (nSPS) is 11.8. The predicted molar refractivity (Wildman–Crippen MR) is 153 cm³/mol. The van der Waals surface area contributed by atoms with Crippen LogP contribution in [0.4, 0.5) is 19.0 Å². The van der Waals surface area contributed by atoms with Gasteiger partial charge in [-0.25, -0.2) is 9.97 Å². The monoisotopic (exact) mass is 591 g/mol. The van der Waals surface area contributed by atoms with Crippen LogP contribution in [0, 0.1) is 11.8 Å². The number of benzene rings is 1. The Morgan fingerprint density at radius 3 is 2.63 bits per heavy atom. The van der Waals surface area contributed by atoms with Crippen molar-refractivity contribution in [1.82, 2.24) is 40.2 Å². The molecule has 0 fully saturated rings. The number of aryl methyl sites for hydroxylation is 1. The Hall–Kier alpha value is -5.19. The van der Waals surface area contributed by atoms with Crippen molar-refractivity contribution in [2.45, 2.75) is 45.8 Å². The molecule has 3 N–H and O–H groups in total. The fraction of sp³-hybridized carbons (Fsp3) is 0.310. The summed E-state index contributed by atoms with van der Waals surface area (Å²) < 4.78 is 49.3. The molecule has 0 unspecified atom stereocenters. The Balaban J connectivity index is 1.45. The van der Waals surface area contributed by atoms with Gasteiger partial charge in [0.15, 0.2) is 11.5 Å². The smallest absolute Gasteiger partial charge is 0.359 e. The average molecular weight is 592 g/mol. The molecule has 0 atom stereocenters. The zero-order valence-corrected chi connectivity index (χ0v) is 24.0. The summed E-state index contributed by atoms with van der Waals surface area (Å²) >= 11 is 0. The molecule has 43 heavy (non-hydrogen) atoms. The van der Waals surface area contributed by atoms with Gasteiger partial charge in [0.25, 0.3) is 0 Å². The van der Waals surface area contributed by atoms with Crippen LogP contribution in [0.1, 0.15) is 55.3 Å². The van der Waals surface area contributed by atoms with E-state index in [1.165, 1.54) is 12.3 Å². The van der Waals surface area contributed by atoms with E-state index in [9.17, 15) is 18.0 Å². The molecule has 0 radical (unpaired) electrons. The van der Waals surface area contributed by atoms with E-state index in [-0.39, 0.29) is 11.5 Å². The quantitative estimate of drug-likeness (QED) is 0.223. The number of nitrogens with zero attached hydrogens (tertiary/aromatic N) is 6. The van der Waals surface area contributed by atoms with E-state index >= 15 is 0 Å². The molecule has 4 heterocycles. The van der Waals surface area contributed by atoms with Crippen LogP contribution in [0.2, 0.25) is 0 Å². The van der Waals surface area contributed by atoms with Crippen molar-refractivity contribution in [2.75, 3.05) is 11.9 Å². The van der Waals surface area contributed by atoms with Crippen molar-refractivity contribution < 1.29 is 22.5 Å². The van der Waals surface area contributed by atoms with Crippen LogP contribution in [0.3, 0.4) is 0 Å². The number of pyridine rings is 1. The highest BCUT2D eigenvalue weighted by Gasteiger charge is 2.34. The molecule has 11 nitrogen and oxygen atoms in total. The van der Waals surface area contributed by atoms with Gasteiger partial charge in [-0.3, -0.25) is 9.48 Å². The number of nitrogens with one attached hydrogen (secondary N) is 3. The average Bonchev–Trinajstić information content (AvgIpc) is 3.70. The van der Waals surface area contributed by atoms with E-state index in [1.54, 1.807) is 37.0 Å². The number of aromatic amines is 1. The van der Waals surface area contributed by atoms with Gasteiger partial charge < -0.3 is 20.1 Å². The fourth-order valence-corrected chi connectivity index (χ4v) is 4.35. The van der Waals surface area contributed by atoms with E-state index in [4.69, 9.17) is 4.52 Å². The van der Waals surface area contributed by atoms with Gasteiger partial charge in [-0.2, -0.15) is 23.3 Å². The van der Waals surface area contributed by atoms with Crippen molar-refractivity contribution >= 4 is 22.9 Å². The van der Waals surface area contributed by atoms with Crippen molar-refractivity contribution in [1.29, 1.82) is 0 Å². The number of H-pyrrole nitrogens is 1. The Morgan fingerprint density at radius 1 is 1.14 bits per heavy atom. The third-order valence-corrected chi connectivity index (χ3v) is 6.56. The van der Waals surface area contributed by atoms with Crippen LogP contribution >= 0.6 is 0 Å². The van der Waals surface area contributed by atoms with Crippen LogP contribution in [0.25, 0.3) is 33.7 Å². The first-order chi connectivity index (χ1) is 20.4. The van der Waals surface area contributed by atoms with Crippen molar-refractivity contribution in [3.05, 3.63) is 59.5 Å². The molecule has 0 aliphatic rings. The first kappa shape index (κ1) is 29.3. The lowest BCUT2D eigenvalue weighted by molar-refractivity contribution is -0.138. The van der Waals surface area contributed by atoms with Crippen LogP contribution in [0.5, 0.6) is 0 Å². The minimum absolute atomic E-state index is 0.128. The molecule has 0 saturated heterocycles. The van der Waals surface area contributed by atoms with Crippen LogP contribution in [-0.2, 0) is 25.2 Å². The number of anilines is 1. The van der Waals surface area contributed by atoms with Gasteiger partial charge in [-0.15, -0.1) is 5.92 Å². The second-order valence-corrected chi connectivity index (χ2v) is 10.7. The number of rotatable bonds is 7. The Morgan fingerprint density at radius 2 is 1.93 bits per heavy atom. The molecule has 0 saturated carbocycles. The highest BCUT2D eigenvalue weighted by Crippen LogP contribution is 2.37. The van der Waals surface area contributed by atoms with Crippen molar-refractivity contribution in [3.8, 4) is 34.4 Å². The first-order valence-corrected chi connectivity index (χ1v) is 13.2. The molecule has 1 amide bonds. The van der Waals surface area contributed by atoms with E-state index in [2.05, 4.69) is 52.7 Å². The molecule has 222 valence electrons. The van der Waals surface area contributed by atoms with Gasteiger partial charge in [-0.05, 0) is 30.2 Å². The largest absolute Gasteiger partial charge is 0.416 e. The molecule has 0 aliphatic carbocycles. The van der Waals surface area contributed by atoms with E-state index in [0.29, 0.717) is 51.9 Å². The number of imidazole rings is 1. The van der Waals surface area contributed by atoms with Gasteiger partial charge in [0.1, 0.15) is 11.6 Å². The van der Waals surface area contributed by atoms with Gasteiger partial charge in [-0.1, -0.05) is 44.0 Å². The Bertz CT molecular complexity index is 1870. The Labute approximate surface area is 244 Å². The van der Waals surface area contributed by atoms with Gasteiger partial charge >= 0.3 is 18.0 Å².